The molecule has 108 valence electrons. The van der Waals surface area contributed by atoms with Crippen LogP contribution in [0.15, 0.2) is 38.6 Å². The van der Waals surface area contributed by atoms with Crippen molar-refractivity contribution in [2.75, 3.05) is 13.7 Å². The predicted molar refractivity (Wildman–Crippen MR) is 92.8 cm³/mol. The van der Waals surface area contributed by atoms with E-state index >= 15 is 0 Å². The average molecular weight is 419 g/mol. The number of hydrogen-bond acceptors (Lipinski definition) is 3. The predicted octanol–water partition coefficient (Wildman–Crippen LogP) is 5.18. The molecule has 20 heavy (non-hydrogen) atoms. The topological polar surface area (TPSA) is 21.3 Å². The molecule has 0 saturated heterocycles. The minimum Gasteiger partial charge on any atom is -0.496 e. The number of rotatable bonds is 6. The van der Waals surface area contributed by atoms with Gasteiger partial charge in [-0.2, -0.15) is 0 Å². The summed E-state index contributed by atoms with van der Waals surface area (Å²) in [6.45, 7) is 3.09. The normalized spacial score (nSPS) is 12.4. The third-order valence-corrected chi connectivity index (χ3v) is 5.46. The molecular weight excluding hydrogens is 402 g/mol. The second kappa shape index (κ2) is 7.59. The molecule has 5 heteroatoms. The molecule has 0 aliphatic heterocycles. The van der Waals surface area contributed by atoms with Crippen LogP contribution in [0.2, 0.25) is 0 Å². The summed E-state index contributed by atoms with van der Waals surface area (Å²) in [5.41, 5.74) is 1.29. The second-order valence-corrected chi connectivity index (χ2v) is 7.16. The molecule has 0 aliphatic carbocycles. The highest BCUT2D eigenvalue weighted by Crippen LogP contribution is 2.30. The summed E-state index contributed by atoms with van der Waals surface area (Å²) in [7, 11) is 1.68. The van der Waals surface area contributed by atoms with E-state index in [1.54, 1.807) is 18.4 Å². The molecule has 0 amide bonds. The summed E-state index contributed by atoms with van der Waals surface area (Å²) in [5, 5.41) is 5.68. The van der Waals surface area contributed by atoms with Gasteiger partial charge in [-0.15, -0.1) is 11.3 Å². The van der Waals surface area contributed by atoms with Crippen LogP contribution in [0.5, 0.6) is 5.75 Å². The quantitative estimate of drug-likeness (QED) is 0.698. The zero-order chi connectivity index (χ0) is 14.5. The monoisotopic (exact) mass is 417 g/mol. The minimum absolute atomic E-state index is 0.344. The smallest absolute Gasteiger partial charge is 0.133 e. The largest absolute Gasteiger partial charge is 0.496 e. The van der Waals surface area contributed by atoms with E-state index in [2.05, 4.69) is 67.7 Å². The molecule has 1 N–H and O–H groups in total. The van der Waals surface area contributed by atoms with Crippen molar-refractivity contribution < 1.29 is 4.74 Å². The molecule has 0 bridgehead atoms. The number of benzene rings is 1. The van der Waals surface area contributed by atoms with Gasteiger partial charge in [-0.3, -0.25) is 0 Å². The lowest BCUT2D eigenvalue weighted by Crippen LogP contribution is -2.22. The van der Waals surface area contributed by atoms with E-state index in [9.17, 15) is 0 Å². The molecule has 0 radical (unpaired) electrons. The lowest BCUT2D eigenvalue weighted by atomic mass is 10.0. The fourth-order valence-corrected chi connectivity index (χ4v) is 4.21. The van der Waals surface area contributed by atoms with Gasteiger partial charge in [0.15, 0.2) is 0 Å². The Kier molecular flexibility index (Phi) is 6.08. The Morgan fingerprint density at radius 2 is 2.10 bits per heavy atom. The third kappa shape index (κ3) is 4.07. The van der Waals surface area contributed by atoms with Crippen molar-refractivity contribution in [3.05, 3.63) is 49.0 Å². The van der Waals surface area contributed by atoms with E-state index in [-0.39, 0.29) is 0 Å². The highest BCUT2D eigenvalue weighted by Gasteiger charge is 2.14. The molecule has 1 aromatic carbocycles. The number of thiophene rings is 1. The molecule has 1 heterocycles. The molecule has 0 aliphatic rings. The van der Waals surface area contributed by atoms with E-state index in [0.717, 1.165) is 27.7 Å². The van der Waals surface area contributed by atoms with Crippen molar-refractivity contribution in [3.8, 4) is 5.75 Å². The van der Waals surface area contributed by atoms with Crippen LogP contribution in [-0.2, 0) is 6.42 Å². The van der Waals surface area contributed by atoms with Crippen LogP contribution in [0.1, 0.15) is 23.4 Å². The first-order chi connectivity index (χ1) is 9.63. The van der Waals surface area contributed by atoms with E-state index in [4.69, 9.17) is 4.74 Å². The summed E-state index contributed by atoms with van der Waals surface area (Å²) in [6, 6.07) is 8.79. The molecule has 2 aromatic rings. The number of ether oxygens (including phenoxy) is 1. The SMILES string of the molecule is CCNC(Cc1ccc(OC)c(Br)c1)c1cc(Br)cs1. The number of methoxy groups -OCH3 is 1. The van der Waals surface area contributed by atoms with Crippen LogP contribution >= 0.6 is 43.2 Å². The van der Waals surface area contributed by atoms with Crippen LogP contribution in [0.3, 0.4) is 0 Å². The Labute approximate surface area is 140 Å². The van der Waals surface area contributed by atoms with Crippen LogP contribution in [-0.4, -0.2) is 13.7 Å². The van der Waals surface area contributed by atoms with Crippen LogP contribution in [0, 0.1) is 0 Å². The van der Waals surface area contributed by atoms with Crippen LogP contribution < -0.4 is 10.1 Å². The molecular formula is C15H17Br2NOS. The van der Waals surface area contributed by atoms with Crippen molar-refractivity contribution in [1.29, 1.82) is 0 Å². The maximum atomic E-state index is 5.27. The van der Waals surface area contributed by atoms with Crippen molar-refractivity contribution >= 4 is 43.2 Å². The van der Waals surface area contributed by atoms with Crippen LogP contribution in [0.25, 0.3) is 0 Å². The highest BCUT2D eigenvalue weighted by atomic mass is 79.9. The first kappa shape index (κ1) is 16.0. The van der Waals surface area contributed by atoms with E-state index < -0.39 is 0 Å². The van der Waals surface area contributed by atoms with E-state index in [1.807, 2.05) is 6.07 Å². The fraction of sp³-hybridized carbons (Fsp3) is 0.333. The number of nitrogens with one attached hydrogen (secondary N) is 1. The van der Waals surface area contributed by atoms with Gasteiger partial charge in [0.1, 0.15) is 5.75 Å². The highest BCUT2D eigenvalue weighted by molar-refractivity contribution is 9.10. The van der Waals surface area contributed by atoms with Gasteiger partial charge in [0, 0.05) is 20.8 Å². The molecule has 1 atom stereocenters. The summed E-state index contributed by atoms with van der Waals surface area (Å²) in [6.07, 6.45) is 0.962. The minimum atomic E-state index is 0.344. The fourth-order valence-electron chi connectivity index (χ4n) is 2.10. The van der Waals surface area contributed by atoms with Crippen molar-refractivity contribution in [3.63, 3.8) is 0 Å². The summed E-state index contributed by atoms with van der Waals surface area (Å²) < 4.78 is 7.42. The maximum absolute atomic E-state index is 5.27. The van der Waals surface area contributed by atoms with Crippen molar-refractivity contribution in [1.82, 2.24) is 5.32 Å². The molecule has 1 unspecified atom stereocenters. The van der Waals surface area contributed by atoms with E-state index in [1.165, 1.54) is 10.4 Å². The standard InChI is InChI=1S/C15H17Br2NOS/c1-3-18-13(15-8-11(16)9-20-15)7-10-4-5-14(19-2)12(17)6-10/h4-6,8-9,13,18H,3,7H2,1-2H3. The van der Waals surface area contributed by atoms with Gasteiger partial charge in [0.25, 0.3) is 0 Å². The van der Waals surface area contributed by atoms with Crippen molar-refractivity contribution in [2.45, 2.75) is 19.4 Å². The lowest BCUT2D eigenvalue weighted by molar-refractivity contribution is 0.412. The zero-order valence-electron chi connectivity index (χ0n) is 11.5. The first-order valence-corrected chi connectivity index (χ1v) is 8.90. The number of hydrogen-bond donors (Lipinski definition) is 1. The molecule has 2 nitrogen and oxygen atoms in total. The van der Waals surface area contributed by atoms with Gasteiger partial charge in [0.05, 0.1) is 11.6 Å². The number of halogens is 2. The Morgan fingerprint density at radius 3 is 2.65 bits per heavy atom. The van der Waals surface area contributed by atoms with E-state index in [0.29, 0.717) is 6.04 Å². The Bertz CT molecular complexity index is 571. The van der Waals surface area contributed by atoms with Gasteiger partial charge < -0.3 is 10.1 Å². The van der Waals surface area contributed by atoms with Crippen molar-refractivity contribution in [2.24, 2.45) is 0 Å². The van der Waals surface area contributed by atoms with Gasteiger partial charge >= 0.3 is 0 Å². The Balaban J connectivity index is 2.17. The number of likely N-dealkylation sites (N-methyl/N-ethyl adjacent to an activating group) is 1. The average Bonchev–Trinajstić information content (AvgIpc) is 2.85. The molecule has 2 rings (SSSR count). The maximum Gasteiger partial charge on any atom is 0.133 e. The Hall–Kier alpha value is -0.360. The molecule has 0 fully saturated rings. The molecule has 1 aromatic heterocycles. The second-order valence-electron chi connectivity index (χ2n) is 4.45. The Morgan fingerprint density at radius 1 is 1.30 bits per heavy atom. The summed E-state index contributed by atoms with van der Waals surface area (Å²) in [4.78, 5) is 1.35. The zero-order valence-corrected chi connectivity index (χ0v) is 15.4. The van der Waals surface area contributed by atoms with Crippen LogP contribution in [0.4, 0.5) is 0 Å². The summed E-state index contributed by atoms with van der Waals surface area (Å²) in [5.74, 6) is 0.868. The van der Waals surface area contributed by atoms with Gasteiger partial charge in [0.2, 0.25) is 0 Å². The lowest BCUT2D eigenvalue weighted by Gasteiger charge is -2.17. The molecule has 0 saturated carbocycles. The third-order valence-electron chi connectivity index (χ3n) is 3.04. The first-order valence-electron chi connectivity index (χ1n) is 6.43. The van der Waals surface area contributed by atoms with Gasteiger partial charge in [-0.1, -0.05) is 13.0 Å². The summed E-state index contributed by atoms with van der Waals surface area (Å²) >= 11 is 8.86. The van der Waals surface area contributed by atoms with Gasteiger partial charge in [-0.05, 0) is 68.6 Å². The van der Waals surface area contributed by atoms with Gasteiger partial charge in [-0.25, -0.2) is 0 Å². The molecule has 0 spiro atoms.